The molecule has 0 bridgehead atoms. The largest absolute Gasteiger partial charge is 1.00 e. The summed E-state index contributed by atoms with van der Waals surface area (Å²) in [5.41, 5.74) is 2.18. The van der Waals surface area contributed by atoms with E-state index >= 15 is 0 Å². The van der Waals surface area contributed by atoms with Crippen LogP contribution in [0.15, 0.2) is 42.6 Å². The van der Waals surface area contributed by atoms with Crippen LogP contribution in [0.25, 0.3) is 28.0 Å². The second-order valence-electron chi connectivity index (χ2n) is 6.60. The van der Waals surface area contributed by atoms with Crippen molar-refractivity contribution < 1.29 is 43.4 Å². The Hall–Kier alpha value is -2.55. The molecular formula is C20H16F2N5NaO. The average Bonchev–Trinajstić information content (AvgIpc) is 2.98. The Bertz CT molecular complexity index is 1190. The van der Waals surface area contributed by atoms with E-state index in [-0.39, 0.29) is 40.8 Å². The number of benzene rings is 1. The number of hydrogen-bond acceptors (Lipinski definition) is 5. The van der Waals surface area contributed by atoms with E-state index in [0.717, 1.165) is 22.5 Å². The van der Waals surface area contributed by atoms with E-state index in [2.05, 4.69) is 15.1 Å². The number of fused-ring (bicyclic) bond motifs is 1. The number of rotatable bonds is 3. The monoisotopic (exact) mass is 403 g/mol. The third kappa shape index (κ3) is 3.83. The Balaban J connectivity index is 0.00000240. The van der Waals surface area contributed by atoms with Crippen LogP contribution in [0.3, 0.4) is 0 Å². The molecule has 4 aromatic rings. The van der Waals surface area contributed by atoms with E-state index < -0.39 is 17.5 Å². The van der Waals surface area contributed by atoms with Crippen molar-refractivity contribution in [2.45, 2.75) is 6.92 Å². The van der Waals surface area contributed by atoms with E-state index in [4.69, 9.17) is 0 Å². The molecule has 6 nitrogen and oxygen atoms in total. The van der Waals surface area contributed by atoms with Gasteiger partial charge in [-0.25, -0.2) is 23.3 Å². The van der Waals surface area contributed by atoms with Gasteiger partial charge in [-0.15, -0.1) is 0 Å². The van der Waals surface area contributed by atoms with Crippen LogP contribution in [-0.2, 0) is 0 Å². The zero-order valence-electron chi connectivity index (χ0n) is 16.4. The van der Waals surface area contributed by atoms with Crippen molar-refractivity contribution in [2.24, 2.45) is 0 Å². The topological polar surface area (TPSA) is 69.4 Å². The van der Waals surface area contributed by atoms with Crippen LogP contribution in [0.1, 0.15) is 5.69 Å². The number of halogens is 2. The van der Waals surface area contributed by atoms with Crippen LogP contribution in [0.5, 0.6) is 5.88 Å². The van der Waals surface area contributed by atoms with Gasteiger partial charge in [0.15, 0.2) is 5.65 Å². The van der Waals surface area contributed by atoms with Crippen molar-refractivity contribution in [3.05, 3.63) is 59.9 Å². The third-order valence-corrected chi connectivity index (χ3v) is 4.43. The number of nitrogens with zero attached hydrogens (tertiary/aromatic N) is 5. The summed E-state index contributed by atoms with van der Waals surface area (Å²) in [6, 6.07) is 8.25. The fourth-order valence-corrected chi connectivity index (χ4v) is 3.05. The summed E-state index contributed by atoms with van der Waals surface area (Å²) < 4.78 is 28.8. The molecule has 0 saturated heterocycles. The van der Waals surface area contributed by atoms with Gasteiger partial charge in [0, 0.05) is 37.5 Å². The summed E-state index contributed by atoms with van der Waals surface area (Å²) in [5.74, 6) is -1.05. The molecule has 4 rings (SSSR count). The maximum atomic E-state index is 14.4. The molecule has 1 aromatic carbocycles. The minimum atomic E-state index is -0.741. The van der Waals surface area contributed by atoms with Crippen molar-refractivity contribution in [1.82, 2.24) is 19.6 Å². The average molecular weight is 403 g/mol. The van der Waals surface area contributed by atoms with Crippen LogP contribution in [-0.4, -0.2) is 33.7 Å². The van der Waals surface area contributed by atoms with Gasteiger partial charge in [-0.05, 0) is 43.1 Å². The Labute approximate surface area is 188 Å². The molecule has 0 aliphatic carbocycles. The maximum Gasteiger partial charge on any atom is 1.00 e. The predicted octanol–water partition coefficient (Wildman–Crippen LogP) is 0.189. The summed E-state index contributed by atoms with van der Waals surface area (Å²) >= 11 is 0. The number of anilines is 1. The zero-order valence-corrected chi connectivity index (χ0v) is 18.4. The molecule has 0 amide bonds. The molecule has 142 valence electrons. The van der Waals surface area contributed by atoms with E-state index in [9.17, 15) is 13.9 Å². The minimum Gasteiger partial charge on any atom is -0.858 e. The molecule has 0 aliphatic rings. The van der Waals surface area contributed by atoms with Crippen LogP contribution in [0.4, 0.5) is 14.6 Å². The molecule has 0 aliphatic heterocycles. The standard InChI is InChI=1S/C20H17F2N5O.Na/c1-11-19(14-6-5-13(21)8-15(14)22)20-24-16(9-18(28)27(20)25-11)12-4-7-17(23-10-12)26(2)3;/h4-10,28H,1-3H3;/q;+1/p-1. The van der Waals surface area contributed by atoms with Crippen LogP contribution in [0.2, 0.25) is 0 Å². The number of aryl methyl sites for hydroxylation is 1. The van der Waals surface area contributed by atoms with E-state index in [1.807, 2.05) is 31.1 Å². The summed E-state index contributed by atoms with van der Waals surface area (Å²) in [4.78, 5) is 10.7. The molecule has 0 spiro atoms. The summed E-state index contributed by atoms with van der Waals surface area (Å²) in [6.07, 6.45) is 1.62. The summed E-state index contributed by atoms with van der Waals surface area (Å²) in [7, 11) is 3.75. The van der Waals surface area contributed by atoms with Crippen LogP contribution < -0.4 is 39.6 Å². The fraction of sp³-hybridized carbons (Fsp3) is 0.150. The first kappa shape index (κ1) is 21.2. The molecule has 0 fully saturated rings. The van der Waals surface area contributed by atoms with Gasteiger partial charge >= 0.3 is 29.6 Å². The first-order chi connectivity index (χ1) is 13.3. The second kappa shape index (κ2) is 8.06. The van der Waals surface area contributed by atoms with Crippen LogP contribution in [0, 0.1) is 18.6 Å². The Kier molecular flexibility index (Phi) is 5.88. The van der Waals surface area contributed by atoms with Crippen molar-refractivity contribution in [1.29, 1.82) is 0 Å². The van der Waals surface area contributed by atoms with Gasteiger partial charge in [-0.1, -0.05) is 0 Å². The first-order valence-electron chi connectivity index (χ1n) is 8.51. The van der Waals surface area contributed by atoms with E-state index in [0.29, 0.717) is 22.5 Å². The van der Waals surface area contributed by atoms with Gasteiger partial charge in [0.2, 0.25) is 0 Å². The molecule has 0 saturated carbocycles. The minimum absolute atomic E-state index is 0. The Morgan fingerprint density at radius 3 is 2.45 bits per heavy atom. The maximum absolute atomic E-state index is 14.4. The fourth-order valence-electron chi connectivity index (χ4n) is 3.05. The predicted molar refractivity (Wildman–Crippen MR) is 100 cm³/mol. The van der Waals surface area contributed by atoms with Gasteiger partial charge in [0.05, 0.1) is 17.0 Å². The van der Waals surface area contributed by atoms with Crippen molar-refractivity contribution in [2.75, 3.05) is 19.0 Å². The molecule has 29 heavy (non-hydrogen) atoms. The molecule has 0 atom stereocenters. The quantitative estimate of drug-likeness (QED) is 0.457. The van der Waals surface area contributed by atoms with Crippen molar-refractivity contribution >= 4 is 11.5 Å². The van der Waals surface area contributed by atoms with Gasteiger partial charge in [-0.2, -0.15) is 5.10 Å². The summed E-state index contributed by atoms with van der Waals surface area (Å²) in [6.45, 7) is 1.65. The molecular weight excluding hydrogens is 387 g/mol. The van der Waals surface area contributed by atoms with Gasteiger partial charge in [0.25, 0.3) is 0 Å². The SMILES string of the molecule is Cc1nn2c([O-])cc(-c3ccc(N(C)C)nc3)nc2c1-c1ccc(F)cc1F.[Na+]. The third-order valence-electron chi connectivity index (χ3n) is 4.43. The van der Waals surface area contributed by atoms with E-state index in [1.165, 1.54) is 12.1 Å². The second-order valence-corrected chi connectivity index (χ2v) is 6.60. The van der Waals surface area contributed by atoms with Gasteiger partial charge in [0.1, 0.15) is 17.5 Å². The molecule has 3 heterocycles. The van der Waals surface area contributed by atoms with Crippen molar-refractivity contribution in [3.8, 4) is 28.3 Å². The number of hydrogen-bond donors (Lipinski definition) is 0. The number of aromatic nitrogens is 4. The van der Waals surface area contributed by atoms with Gasteiger partial charge < -0.3 is 10.0 Å². The van der Waals surface area contributed by atoms with E-state index in [1.54, 1.807) is 13.1 Å². The molecule has 9 heteroatoms. The Morgan fingerprint density at radius 2 is 1.83 bits per heavy atom. The normalized spacial score (nSPS) is 10.8. The Morgan fingerprint density at radius 1 is 1.07 bits per heavy atom. The number of pyridine rings is 1. The van der Waals surface area contributed by atoms with Crippen molar-refractivity contribution in [3.63, 3.8) is 0 Å². The zero-order chi connectivity index (χ0) is 20.0. The van der Waals surface area contributed by atoms with Gasteiger partial charge in [-0.3, -0.25) is 0 Å². The molecule has 0 radical (unpaired) electrons. The summed E-state index contributed by atoms with van der Waals surface area (Å²) in [5, 5.41) is 16.7. The molecule has 0 unspecified atom stereocenters. The van der Waals surface area contributed by atoms with Crippen LogP contribution >= 0.6 is 0 Å². The molecule has 3 aromatic heterocycles. The smallest absolute Gasteiger partial charge is 0.858 e. The first-order valence-corrected chi connectivity index (χ1v) is 8.51. The molecule has 0 N–H and O–H groups in total.